The van der Waals surface area contributed by atoms with E-state index in [4.69, 9.17) is 14.2 Å². The summed E-state index contributed by atoms with van der Waals surface area (Å²) in [6.45, 7) is 3.92. The van der Waals surface area contributed by atoms with Gasteiger partial charge in [-0.1, -0.05) is 43.7 Å². The lowest BCUT2D eigenvalue weighted by molar-refractivity contribution is -0.531. The van der Waals surface area contributed by atoms with Crippen LogP contribution in [0.15, 0.2) is 42.2 Å². The summed E-state index contributed by atoms with van der Waals surface area (Å²) < 4.78 is 17.8. The maximum atomic E-state index is 11.9. The third kappa shape index (κ3) is 3.48. The fourth-order valence-electron chi connectivity index (χ4n) is 5.02. The Balaban J connectivity index is 1.65. The summed E-state index contributed by atoms with van der Waals surface area (Å²) >= 11 is 0. The maximum absolute atomic E-state index is 11.9. The van der Waals surface area contributed by atoms with Crippen LogP contribution in [0.4, 0.5) is 0 Å². The van der Waals surface area contributed by atoms with Gasteiger partial charge < -0.3 is 14.2 Å². The second-order valence-electron chi connectivity index (χ2n) is 7.81. The minimum absolute atomic E-state index is 0.0720. The SMILES string of the molecule is CCCCOC1OC=C2CC([N+](=O)[O-])C(c3ccccc3)C3COCC1C23. The predicted octanol–water partition coefficient (Wildman–Crippen LogP) is 3.75. The van der Waals surface area contributed by atoms with E-state index in [0.717, 1.165) is 24.0 Å². The number of hydrogen-bond acceptors (Lipinski definition) is 5. The van der Waals surface area contributed by atoms with Gasteiger partial charge in [0, 0.05) is 23.2 Å². The van der Waals surface area contributed by atoms with Gasteiger partial charge in [0.15, 0.2) is 0 Å². The molecule has 0 N–H and O–H groups in total. The van der Waals surface area contributed by atoms with E-state index in [1.165, 1.54) is 0 Å². The highest BCUT2D eigenvalue weighted by Gasteiger charge is 2.55. The lowest BCUT2D eigenvalue weighted by Crippen LogP contribution is -2.54. The van der Waals surface area contributed by atoms with Crippen LogP contribution in [-0.4, -0.2) is 37.1 Å². The molecule has 1 saturated carbocycles. The fraction of sp³-hybridized carbons (Fsp3) is 0.619. The monoisotopic (exact) mass is 373 g/mol. The molecule has 0 spiro atoms. The number of ether oxygens (including phenoxy) is 3. The molecule has 4 rings (SSSR count). The molecule has 2 fully saturated rings. The van der Waals surface area contributed by atoms with Crippen molar-refractivity contribution in [2.45, 2.75) is 44.4 Å². The highest BCUT2D eigenvalue weighted by molar-refractivity contribution is 5.29. The molecule has 27 heavy (non-hydrogen) atoms. The van der Waals surface area contributed by atoms with Gasteiger partial charge >= 0.3 is 0 Å². The van der Waals surface area contributed by atoms with Gasteiger partial charge in [-0.25, -0.2) is 0 Å². The Hall–Kier alpha value is -1.92. The minimum Gasteiger partial charge on any atom is -0.472 e. The number of rotatable bonds is 6. The van der Waals surface area contributed by atoms with E-state index < -0.39 is 6.04 Å². The number of unbranched alkanes of at least 4 members (excludes halogenated alkanes) is 1. The molecule has 0 bridgehead atoms. The Labute approximate surface area is 159 Å². The number of hydrogen-bond donors (Lipinski definition) is 0. The second kappa shape index (κ2) is 7.98. The Morgan fingerprint density at radius 1 is 1.19 bits per heavy atom. The van der Waals surface area contributed by atoms with Crippen LogP contribution < -0.4 is 0 Å². The molecule has 3 aliphatic rings. The summed E-state index contributed by atoms with van der Waals surface area (Å²) in [5.41, 5.74) is 2.08. The van der Waals surface area contributed by atoms with Crippen molar-refractivity contribution in [2.24, 2.45) is 17.8 Å². The maximum Gasteiger partial charge on any atom is 0.224 e. The van der Waals surface area contributed by atoms with Crippen LogP contribution in [0.3, 0.4) is 0 Å². The van der Waals surface area contributed by atoms with Crippen molar-refractivity contribution in [1.82, 2.24) is 0 Å². The molecular formula is C21H27NO5. The molecule has 1 saturated heterocycles. The van der Waals surface area contributed by atoms with Gasteiger partial charge in [0.05, 0.1) is 37.9 Å². The Kier molecular flexibility index (Phi) is 5.45. The Morgan fingerprint density at radius 3 is 2.70 bits per heavy atom. The summed E-state index contributed by atoms with van der Waals surface area (Å²) in [6, 6.07) is 9.23. The average Bonchev–Trinajstić information content (AvgIpc) is 2.70. The Morgan fingerprint density at radius 2 is 1.96 bits per heavy atom. The van der Waals surface area contributed by atoms with Crippen molar-refractivity contribution in [3.63, 3.8) is 0 Å². The van der Waals surface area contributed by atoms with Crippen molar-refractivity contribution < 1.29 is 19.1 Å². The van der Waals surface area contributed by atoms with Gasteiger partial charge in [0.1, 0.15) is 0 Å². The van der Waals surface area contributed by atoms with Crippen molar-refractivity contribution >= 4 is 0 Å². The van der Waals surface area contributed by atoms with Gasteiger partial charge in [-0.3, -0.25) is 10.1 Å². The standard InChI is InChI=1S/C21H27NO5/c1-2-3-9-26-21-17-13-25-12-16-19(17)15(11-27-21)10-18(22(23)24)20(16)14-7-5-4-6-8-14/h4-8,11,16-21H,2-3,9-10,12-13H2,1H3. The van der Waals surface area contributed by atoms with E-state index in [9.17, 15) is 10.1 Å². The Bertz CT molecular complexity index is 691. The predicted molar refractivity (Wildman–Crippen MR) is 99.7 cm³/mol. The summed E-state index contributed by atoms with van der Waals surface area (Å²) in [4.78, 5) is 11.8. The van der Waals surface area contributed by atoms with Gasteiger partial charge in [-0.2, -0.15) is 0 Å². The van der Waals surface area contributed by atoms with E-state index >= 15 is 0 Å². The molecule has 6 heteroatoms. The summed E-state index contributed by atoms with van der Waals surface area (Å²) in [5.74, 6) is 0.239. The quantitative estimate of drug-likeness (QED) is 0.431. The summed E-state index contributed by atoms with van der Waals surface area (Å²) in [5, 5.41) is 11.9. The molecule has 1 aliphatic carbocycles. The average molecular weight is 373 g/mol. The van der Waals surface area contributed by atoms with E-state index in [2.05, 4.69) is 6.92 Å². The molecule has 0 amide bonds. The largest absolute Gasteiger partial charge is 0.472 e. The molecular weight excluding hydrogens is 346 g/mol. The number of benzene rings is 1. The summed E-state index contributed by atoms with van der Waals surface area (Å²) in [6.07, 6.45) is 3.92. The van der Waals surface area contributed by atoms with Crippen LogP contribution >= 0.6 is 0 Å². The minimum atomic E-state index is -0.650. The van der Waals surface area contributed by atoms with Crippen molar-refractivity contribution in [2.75, 3.05) is 19.8 Å². The van der Waals surface area contributed by atoms with Crippen LogP contribution in [0.2, 0.25) is 0 Å². The molecule has 6 unspecified atom stereocenters. The van der Waals surface area contributed by atoms with Gasteiger partial charge in [0.25, 0.3) is 0 Å². The zero-order valence-corrected chi connectivity index (χ0v) is 15.7. The van der Waals surface area contributed by atoms with Crippen molar-refractivity contribution in [3.8, 4) is 0 Å². The first-order valence-electron chi connectivity index (χ1n) is 9.93. The van der Waals surface area contributed by atoms with Crippen LogP contribution in [-0.2, 0) is 14.2 Å². The van der Waals surface area contributed by atoms with Crippen LogP contribution in [0.25, 0.3) is 0 Å². The number of nitrogens with zero attached hydrogens (tertiary/aromatic N) is 1. The highest BCUT2D eigenvalue weighted by Crippen LogP contribution is 2.52. The molecule has 0 radical (unpaired) electrons. The normalized spacial score (nSPS) is 34.9. The smallest absolute Gasteiger partial charge is 0.224 e. The lowest BCUT2D eigenvalue weighted by Gasteiger charge is -2.50. The molecule has 6 atom stereocenters. The number of nitro groups is 1. The van der Waals surface area contributed by atoms with Gasteiger partial charge in [-0.05, 0) is 17.6 Å². The van der Waals surface area contributed by atoms with Crippen LogP contribution in [0.5, 0.6) is 0 Å². The molecule has 1 aromatic rings. The highest BCUT2D eigenvalue weighted by atomic mass is 16.7. The topological polar surface area (TPSA) is 70.8 Å². The van der Waals surface area contributed by atoms with Crippen LogP contribution in [0.1, 0.15) is 37.7 Å². The fourth-order valence-corrected chi connectivity index (χ4v) is 5.02. The molecule has 6 nitrogen and oxygen atoms in total. The zero-order chi connectivity index (χ0) is 18.8. The summed E-state index contributed by atoms with van der Waals surface area (Å²) in [7, 11) is 0. The third-order valence-electron chi connectivity index (χ3n) is 6.23. The molecule has 0 aromatic heterocycles. The van der Waals surface area contributed by atoms with E-state index in [1.54, 1.807) is 6.26 Å². The van der Waals surface area contributed by atoms with E-state index in [-0.39, 0.29) is 34.9 Å². The van der Waals surface area contributed by atoms with Crippen molar-refractivity contribution in [3.05, 3.63) is 57.8 Å². The van der Waals surface area contributed by atoms with Gasteiger partial charge in [-0.15, -0.1) is 0 Å². The van der Waals surface area contributed by atoms with E-state index in [0.29, 0.717) is 26.2 Å². The molecule has 1 aromatic carbocycles. The second-order valence-corrected chi connectivity index (χ2v) is 7.81. The first-order chi connectivity index (χ1) is 13.2. The first kappa shape index (κ1) is 18.4. The van der Waals surface area contributed by atoms with Crippen molar-refractivity contribution in [1.29, 1.82) is 0 Å². The van der Waals surface area contributed by atoms with E-state index in [1.807, 2.05) is 30.3 Å². The zero-order valence-electron chi connectivity index (χ0n) is 15.7. The first-order valence-corrected chi connectivity index (χ1v) is 9.93. The van der Waals surface area contributed by atoms with Gasteiger partial charge in [0.2, 0.25) is 12.3 Å². The molecule has 2 heterocycles. The lowest BCUT2D eigenvalue weighted by atomic mass is 9.60. The molecule has 146 valence electrons. The van der Waals surface area contributed by atoms with Crippen LogP contribution in [0, 0.1) is 27.9 Å². The third-order valence-corrected chi connectivity index (χ3v) is 6.23. The molecule has 2 aliphatic heterocycles.